The van der Waals surface area contributed by atoms with Crippen LogP contribution in [0.3, 0.4) is 0 Å². The zero-order valence-corrected chi connectivity index (χ0v) is 19.9. The maximum Gasteiger partial charge on any atom is 0.344 e. The molecule has 0 unspecified atom stereocenters. The van der Waals surface area contributed by atoms with Gasteiger partial charge in [0.25, 0.3) is 11.8 Å². The Hall–Kier alpha value is -4.21. The number of anilines is 1. The van der Waals surface area contributed by atoms with Crippen molar-refractivity contribution in [3.63, 3.8) is 0 Å². The number of amides is 5. The SMILES string of the molecule is CC1CCC2(CC1)NC(=O)N(NC(=O)COC(=O)c1ccccc1NC(=O)Cc1ccccc1)C2=O. The highest BCUT2D eigenvalue weighted by molar-refractivity contribution is 6.08. The summed E-state index contributed by atoms with van der Waals surface area (Å²) in [4.78, 5) is 62.6. The summed E-state index contributed by atoms with van der Waals surface area (Å²) in [6, 6.07) is 14.7. The molecule has 1 spiro atoms. The van der Waals surface area contributed by atoms with Gasteiger partial charge in [0.2, 0.25) is 5.91 Å². The number of nitrogens with one attached hydrogen (secondary N) is 3. The highest BCUT2D eigenvalue weighted by Crippen LogP contribution is 2.35. The minimum atomic E-state index is -0.996. The summed E-state index contributed by atoms with van der Waals surface area (Å²) in [5, 5.41) is 6.05. The van der Waals surface area contributed by atoms with Crippen LogP contribution in [0.4, 0.5) is 10.5 Å². The van der Waals surface area contributed by atoms with Gasteiger partial charge in [0.05, 0.1) is 17.7 Å². The molecule has 0 aromatic heterocycles. The van der Waals surface area contributed by atoms with Crippen molar-refractivity contribution in [1.29, 1.82) is 0 Å². The van der Waals surface area contributed by atoms with Crippen LogP contribution in [0, 0.1) is 5.92 Å². The number of imide groups is 1. The van der Waals surface area contributed by atoms with Crippen molar-refractivity contribution in [2.24, 2.45) is 5.92 Å². The summed E-state index contributed by atoms with van der Waals surface area (Å²) in [5.74, 6) is -2.03. The second-order valence-corrected chi connectivity index (χ2v) is 9.20. The first-order valence-corrected chi connectivity index (χ1v) is 11.8. The predicted octanol–water partition coefficient (Wildman–Crippen LogP) is 2.56. The number of hydrogen-bond donors (Lipinski definition) is 3. The lowest BCUT2D eigenvalue weighted by molar-refractivity contribution is -0.141. The summed E-state index contributed by atoms with van der Waals surface area (Å²) in [7, 11) is 0. The van der Waals surface area contributed by atoms with Gasteiger partial charge >= 0.3 is 12.0 Å². The summed E-state index contributed by atoms with van der Waals surface area (Å²) < 4.78 is 5.09. The third kappa shape index (κ3) is 5.54. The Bertz CT molecular complexity index is 1170. The number of urea groups is 1. The van der Waals surface area contributed by atoms with Crippen molar-refractivity contribution >= 4 is 35.4 Å². The lowest BCUT2D eigenvalue weighted by atomic mass is 9.77. The van der Waals surface area contributed by atoms with E-state index >= 15 is 0 Å². The van der Waals surface area contributed by atoms with Gasteiger partial charge in [0.1, 0.15) is 5.54 Å². The first-order chi connectivity index (χ1) is 17.3. The summed E-state index contributed by atoms with van der Waals surface area (Å²) >= 11 is 0. The quantitative estimate of drug-likeness (QED) is 0.402. The molecule has 1 aliphatic heterocycles. The van der Waals surface area contributed by atoms with Crippen molar-refractivity contribution in [2.75, 3.05) is 11.9 Å². The average Bonchev–Trinajstić information content (AvgIpc) is 3.09. The van der Waals surface area contributed by atoms with Gasteiger partial charge in [-0.3, -0.25) is 19.8 Å². The molecule has 1 saturated heterocycles. The third-order valence-electron chi connectivity index (χ3n) is 6.49. The van der Waals surface area contributed by atoms with Crippen molar-refractivity contribution < 1.29 is 28.7 Å². The van der Waals surface area contributed by atoms with Crippen LogP contribution in [0.2, 0.25) is 0 Å². The lowest BCUT2D eigenvalue weighted by Crippen LogP contribution is -2.52. The van der Waals surface area contributed by atoms with Crippen molar-refractivity contribution in [1.82, 2.24) is 15.8 Å². The zero-order chi connectivity index (χ0) is 25.7. The number of hydrazine groups is 1. The van der Waals surface area contributed by atoms with E-state index in [1.165, 1.54) is 6.07 Å². The molecule has 2 aromatic rings. The molecule has 4 rings (SSSR count). The number of rotatable bonds is 7. The molecule has 10 nitrogen and oxygen atoms in total. The van der Waals surface area contributed by atoms with E-state index in [4.69, 9.17) is 4.74 Å². The Balaban J connectivity index is 1.32. The Morgan fingerprint density at radius 1 is 1.00 bits per heavy atom. The number of ether oxygens (including phenoxy) is 1. The van der Waals surface area contributed by atoms with Crippen LogP contribution in [-0.2, 0) is 25.5 Å². The molecule has 1 heterocycles. The number of carbonyl (C=O) groups is 5. The molecule has 188 valence electrons. The average molecular weight is 493 g/mol. The highest BCUT2D eigenvalue weighted by atomic mass is 16.5. The largest absolute Gasteiger partial charge is 0.452 e. The molecule has 2 fully saturated rings. The van der Waals surface area contributed by atoms with Crippen LogP contribution >= 0.6 is 0 Å². The van der Waals surface area contributed by atoms with E-state index in [1.54, 1.807) is 18.2 Å². The van der Waals surface area contributed by atoms with E-state index in [2.05, 4.69) is 23.0 Å². The number of esters is 1. The van der Waals surface area contributed by atoms with E-state index in [0.717, 1.165) is 18.4 Å². The van der Waals surface area contributed by atoms with Crippen LogP contribution in [0.1, 0.15) is 48.5 Å². The topological polar surface area (TPSA) is 134 Å². The number of carbonyl (C=O) groups excluding carboxylic acids is 5. The molecule has 1 saturated carbocycles. The zero-order valence-electron chi connectivity index (χ0n) is 19.9. The number of hydrogen-bond acceptors (Lipinski definition) is 6. The summed E-state index contributed by atoms with van der Waals surface area (Å²) in [6.07, 6.45) is 2.73. The summed E-state index contributed by atoms with van der Waals surface area (Å²) in [5.41, 5.74) is 2.36. The number of para-hydroxylation sites is 1. The maximum absolute atomic E-state index is 12.9. The number of benzene rings is 2. The van der Waals surface area contributed by atoms with Gasteiger partial charge in [-0.1, -0.05) is 49.4 Å². The maximum atomic E-state index is 12.9. The smallest absolute Gasteiger partial charge is 0.344 e. The highest BCUT2D eigenvalue weighted by Gasteiger charge is 2.52. The molecule has 5 amide bonds. The first kappa shape index (κ1) is 24.9. The van der Waals surface area contributed by atoms with Crippen LogP contribution in [0.25, 0.3) is 0 Å². The van der Waals surface area contributed by atoms with E-state index in [-0.39, 0.29) is 23.6 Å². The van der Waals surface area contributed by atoms with Crippen LogP contribution in [0.5, 0.6) is 0 Å². The fourth-order valence-electron chi connectivity index (χ4n) is 4.43. The first-order valence-electron chi connectivity index (χ1n) is 11.8. The van der Waals surface area contributed by atoms with Crippen LogP contribution in [-0.4, -0.2) is 46.9 Å². The van der Waals surface area contributed by atoms with Gasteiger partial charge in [-0.25, -0.2) is 9.59 Å². The standard InChI is InChI=1S/C26H28N4O6/c1-17-11-13-26(14-12-17)24(34)30(25(35)28-26)29-22(32)16-36-23(33)19-9-5-6-10-20(19)27-21(31)15-18-7-3-2-4-8-18/h2-10,17H,11-16H2,1H3,(H,27,31)(H,28,35)(H,29,32). The van der Waals surface area contributed by atoms with Crippen molar-refractivity contribution in [3.05, 3.63) is 65.7 Å². The van der Waals surface area contributed by atoms with Crippen LogP contribution < -0.4 is 16.1 Å². The molecular weight excluding hydrogens is 464 g/mol. The Labute approximate surface area is 208 Å². The molecule has 0 atom stereocenters. The molecule has 10 heteroatoms. The second kappa shape index (κ2) is 10.6. The van der Waals surface area contributed by atoms with Gasteiger partial charge in [0, 0.05) is 0 Å². The minimum Gasteiger partial charge on any atom is -0.452 e. The Morgan fingerprint density at radius 2 is 1.67 bits per heavy atom. The molecule has 2 aromatic carbocycles. The van der Waals surface area contributed by atoms with Gasteiger partial charge in [-0.2, -0.15) is 5.01 Å². The molecule has 36 heavy (non-hydrogen) atoms. The lowest BCUT2D eigenvalue weighted by Gasteiger charge is -2.33. The van der Waals surface area contributed by atoms with E-state index in [1.807, 2.05) is 30.3 Å². The van der Waals surface area contributed by atoms with Gasteiger partial charge in [-0.05, 0) is 49.3 Å². The Morgan fingerprint density at radius 3 is 2.39 bits per heavy atom. The molecule has 0 radical (unpaired) electrons. The predicted molar refractivity (Wildman–Crippen MR) is 129 cm³/mol. The fraction of sp³-hybridized carbons (Fsp3) is 0.346. The molecule has 1 aliphatic carbocycles. The fourth-order valence-corrected chi connectivity index (χ4v) is 4.43. The third-order valence-corrected chi connectivity index (χ3v) is 6.49. The monoisotopic (exact) mass is 492 g/mol. The molecule has 2 aliphatic rings. The minimum absolute atomic E-state index is 0.0666. The van der Waals surface area contributed by atoms with Gasteiger partial charge < -0.3 is 15.4 Å². The van der Waals surface area contributed by atoms with Gasteiger partial charge in [-0.15, -0.1) is 0 Å². The Kier molecular flexibility index (Phi) is 7.33. The van der Waals surface area contributed by atoms with E-state index in [9.17, 15) is 24.0 Å². The van der Waals surface area contributed by atoms with E-state index < -0.39 is 36.0 Å². The van der Waals surface area contributed by atoms with Crippen LogP contribution in [0.15, 0.2) is 54.6 Å². The van der Waals surface area contributed by atoms with Crippen molar-refractivity contribution in [2.45, 2.75) is 44.6 Å². The van der Waals surface area contributed by atoms with Crippen molar-refractivity contribution in [3.8, 4) is 0 Å². The second-order valence-electron chi connectivity index (χ2n) is 9.20. The summed E-state index contributed by atoms with van der Waals surface area (Å²) in [6.45, 7) is 1.38. The molecule has 3 N–H and O–H groups in total. The molecular formula is C26H28N4O6. The van der Waals surface area contributed by atoms with E-state index in [0.29, 0.717) is 23.8 Å². The van der Waals surface area contributed by atoms with Gasteiger partial charge in [0.15, 0.2) is 6.61 Å². The number of nitrogens with zero attached hydrogens (tertiary/aromatic N) is 1. The molecule has 0 bridgehead atoms. The normalized spacial score (nSPS) is 21.1.